The average Bonchev–Trinajstić information content (AvgIpc) is 3.19. The number of H-pyrrole nitrogens is 1. The lowest BCUT2D eigenvalue weighted by molar-refractivity contribution is -0.106. The summed E-state index contributed by atoms with van der Waals surface area (Å²) in [6, 6.07) is 19.1. The van der Waals surface area contributed by atoms with E-state index < -0.39 is 0 Å². The van der Waals surface area contributed by atoms with Crippen molar-refractivity contribution in [3.05, 3.63) is 71.4 Å². The van der Waals surface area contributed by atoms with Gasteiger partial charge in [0.25, 0.3) is 0 Å². The number of benzene rings is 2. The monoisotopic (exact) mass is 363 g/mol. The lowest BCUT2D eigenvalue weighted by Crippen LogP contribution is -2.04. The summed E-state index contributed by atoms with van der Waals surface area (Å²) in [5, 5.41) is 16.3. The minimum Gasteiger partial charge on any atom is -0.493 e. The van der Waals surface area contributed by atoms with Gasteiger partial charge in [-0.2, -0.15) is 10.4 Å². The minimum absolute atomic E-state index is 0.373. The van der Waals surface area contributed by atoms with Gasteiger partial charge < -0.3 is 14.2 Å². The second-order valence-corrected chi connectivity index (χ2v) is 5.94. The number of hydrogen-bond acceptors (Lipinski definition) is 5. The summed E-state index contributed by atoms with van der Waals surface area (Å²) in [6.45, 7) is 0.525. The van der Waals surface area contributed by atoms with Gasteiger partial charge in [-0.05, 0) is 30.3 Å². The number of aromatic amines is 1. The molecule has 6 heteroatoms. The molecular formula is C21H21N3O3. The summed E-state index contributed by atoms with van der Waals surface area (Å²) >= 11 is 0. The lowest BCUT2D eigenvalue weighted by Gasteiger charge is -2.14. The van der Waals surface area contributed by atoms with E-state index in [-0.39, 0.29) is 6.29 Å². The van der Waals surface area contributed by atoms with E-state index in [1.54, 1.807) is 20.3 Å². The van der Waals surface area contributed by atoms with E-state index in [1.807, 2.05) is 48.5 Å². The molecule has 27 heavy (non-hydrogen) atoms. The highest BCUT2D eigenvalue weighted by Crippen LogP contribution is 2.21. The van der Waals surface area contributed by atoms with Crippen LogP contribution in [0, 0.1) is 11.3 Å². The smallest absolute Gasteiger partial charge is 0.183 e. The van der Waals surface area contributed by atoms with Crippen LogP contribution in [0.5, 0.6) is 5.75 Å². The van der Waals surface area contributed by atoms with Gasteiger partial charge in [0.2, 0.25) is 0 Å². The van der Waals surface area contributed by atoms with Crippen molar-refractivity contribution in [1.29, 1.82) is 5.26 Å². The van der Waals surface area contributed by atoms with Gasteiger partial charge in [0.15, 0.2) is 6.29 Å². The van der Waals surface area contributed by atoms with Crippen molar-refractivity contribution in [2.24, 2.45) is 0 Å². The molecule has 0 saturated carbocycles. The first-order valence-corrected chi connectivity index (χ1v) is 8.56. The zero-order chi connectivity index (χ0) is 19.1. The van der Waals surface area contributed by atoms with Crippen LogP contribution in [-0.4, -0.2) is 31.0 Å². The molecule has 0 aliphatic carbocycles. The Morgan fingerprint density at radius 2 is 1.85 bits per heavy atom. The molecule has 1 N–H and O–H groups in total. The maximum absolute atomic E-state index is 9.01. The van der Waals surface area contributed by atoms with E-state index >= 15 is 0 Å². The molecule has 0 spiro atoms. The highest BCUT2D eigenvalue weighted by molar-refractivity contribution is 5.61. The summed E-state index contributed by atoms with van der Waals surface area (Å²) in [7, 11) is 3.21. The molecule has 3 aromatic rings. The Hall–Kier alpha value is -3.14. The second-order valence-electron chi connectivity index (χ2n) is 5.94. The summed E-state index contributed by atoms with van der Waals surface area (Å²) in [5.41, 5.74) is 4.26. The molecule has 0 bridgehead atoms. The zero-order valence-corrected chi connectivity index (χ0v) is 15.3. The van der Waals surface area contributed by atoms with Crippen LogP contribution in [0.4, 0.5) is 0 Å². The lowest BCUT2D eigenvalue weighted by atomic mass is 10.1. The fraction of sp³-hybridized carbons (Fsp3) is 0.238. The van der Waals surface area contributed by atoms with Gasteiger partial charge in [-0.3, -0.25) is 5.10 Å². The molecule has 0 aliphatic heterocycles. The van der Waals surface area contributed by atoms with Crippen LogP contribution >= 0.6 is 0 Å². The summed E-state index contributed by atoms with van der Waals surface area (Å²) in [4.78, 5) is 0. The first-order valence-electron chi connectivity index (χ1n) is 8.56. The number of aromatic nitrogens is 2. The molecule has 6 nitrogen and oxygen atoms in total. The molecule has 0 radical (unpaired) electrons. The topological polar surface area (TPSA) is 80.2 Å². The highest BCUT2D eigenvalue weighted by Gasteiger charge is 2.09. The minimum atomic E-state index is -0.373. The number of rotatable bonds is 8. The average molecular weight is 363 g/mol. The van der Waals surface area contributed by atoms with Crippen LogP contribution in [0.15, 0.2) is 54.6 Å². The summed E-state index contributed by atoms with van der Waals surface area (Å²) in [6.07, 6.45) is 0.327. The van der Waals surface area contributed by atoms with E-state index in [9.17, 15) is 0 Å². The predicted octanol–water partition coefficient (Wildman–Crippen LogP) is 3.86. The Bertz CT molecular complexity index is 909. The molecule has 1 heterocycles. The van der Waals surface area contributed by atoms with Crippen molar-refractivity contribution in [2.45, 2.75) is 12.7 Å². The van der Waals surface area contributed by atoms with E-state index in [1.165, 1.54) is 0 Å². The van der Waals surface area contributed by atoms with E-state index in [0.29, 0.717) is 18.6 Å². The molecule has 138 valence electrons. The number of hydrogen-bond donors (Lipinski definition) is 1. The SMILES string of the molecule is COC(OC)c1ccc(OCCc2cc(-c3cccc(C#N)c3)n[nH]2)cc1. The largest absolute Gasteiger partial charge is 0.493 e. The van der Waals surface area contributed by atoms with Gasteiger partial charge >= 0.3 is 0 Å². The van der Waals surface area contributed by atoms with E-state index in [0.717, 1.165) is 28.3 Å². The van der Waals surface area contributed by atoms with Gasteiger partial charge in [0.1, 0.15) is 5.75 Å². The molecule has 0 unspecified atom stereocenters. The van der Waals surface area contributed by atoms with Crippen molar-refractivity contribution < 1.29 is 14.2 Å². The molecule has 2 aromatic carbocycles. The maximum atomic E-state index is 9.01. The summed E-state index contributed by atoms with van der Waals surface area (Å²) in [5.74, 6) is 0.783. The molecule has 0 saturated heterocycles. The van der Waals surface area contributed by atoms with Crippen LogP contribution in [0.2, 0.25) is 0 Å². The van der Waals surface area contributed by atoms with Crippen molar-refractivity contribution in [3.8, 4) is 23.1 Å². The molecule has 0 atom stereocenters. The van der Waals surface area contributed by atoms with E-state index in [4.69, 9.17) is 19.5 Å². The van der Waals surface area contributed by atoms with Gasteiger partial charge in [-0.1, -0.05) is 24.3 Å². The Balaban J connectivity index is 1.55. The third-order valence-electron chi connectivity index (χ3n) is 4.14. The number of nitriles is 1. The van der Waals surface area contributed by atoms with Gasteiger partial charge in [0.05, 0.1) is 23.9 Å². The zero-order valence-electron chi connectivity index (χ0n) is 15.3. The standard InChI is InChI=1S/C21H21N3O3/c1-25-21(26-2)16-6-8-19(9-7-16)27-11-10-18-13-20(24-23-18)17-5-3-4-15(12-17)14-22/h3-9,12-13,21H,10-11H2,1-2H3,(H,23,24). The van der Waals surface area contributed by atoms with Gasteiger partial charge in [-0.15, -0.1) is 0 Å². The Morgan fingerprint density at radius 1 is 1.07 bits per heavy atom. The normalized spacial score (nSPS) is 10.7. The molecule has 0 aliphatic rings. The number of nitrogens with one attached hydrogen (secondary N) is 1. The molecule has 1 aromatic heterocycles. The fourth-order valence-electron chi connectivity index (χ4n) is 2.75. The third-order valence-corrected chi connectivity index (χ3v) is 4.14. The third kappa shape index (κ3) is 4.73. The van der Waals surface area contributed by atoms with Gasteiger partial charge in [0, 0.05) is 37.5 Å². The highest BCUT2D eigenvalue weighted by atomic mass is 16.7. The quantitative estimate of drug-likeness (QED) is 0.615. The summed E-state index contributed by atoms with van der Waals surface area (Å²) < 4.78 is 16.2. The fourth-order valence-corrected chi connectivity index (χ4v) is 2.75. The Morgan fingerprint density at radius 3 is 2.56 bits per heavy atom. The van der Waals surface area contributed by atoms with Crippen LogP contribution in [0.25, 0.3) is 11.3 Å². The van der Waals surface area contributed by atoms with Crippen molar-refractivity contribution in [3.63, 3.8) is 0 Å². The van der Waals surface area contributed by atoms with Crippen LogP contribution in [0.1, 0.15) is 23.1 Å². The van der Waals surface area contributed by atoms with Crippen molar-refractivity contribution in [2.75, 3.05) is 20.8 Å². The molecule has 0 fully saturated rings. The molecular weight excluding hydrogens is 342 g/mol. The Labute approximate surface area is 158 Å². The Kier molecular flexibility index (Phi) is 6.21. The van der Waals surface area contributed by atoms with Crippen molar-refractivity contribution in [1.82, 2.24) is 10.2 Å². The van der Waals surface area contributed by atoms with Crippen LogP contribution in [0.3, 0.4) is 0 Å². The second kappa shape index (κ2) is 8.99. The number of methoxy groups -OCH3 is 2. The van der Waals surface area contributed by atoms with Crippen molar-refractivity contribution >= 4 is 0 Å². The predicted molar refractivity (Wildman–Crippen MR) is 101 cm³/mol. The maximum Gasteiger partial charge on any atom is 0.183 e. The van der Waals surface area contributed by atoms with Crippen LogP contribution < -0.4 is 4.74 Å². The van der Waals surface area contributed by atoms with Crippen LogP contribution in [-0.2, 0) is 15.9 Å². The first kappa shape index (κ1) is 18.6. The van der Waals surface area contributed by atoms with E-state index in [2.05, 4.69) is 16.3 Å². The van der Waals surface area contributed by atoms with Gasteiger partial charge in [-0.25, -0.2) is 0 Å². The number of ether oxygens (including phenoxy) is 3. The molecule has 3 rings (SSSR count). The molecule has 0 amide bonds. The number of nitrogens with zero attached hydrogens (tertiary/aromatic N) is 2. The first-order chi connectivity index (χ1) is 13.2.